The molecule has 2 heterocycles. The number of benzene rings is 1. The van der Waals surface area contributed by atoms with Crippen molar-refractivity contribution >= 4 is 11.6 Å². The number of carbonyl (C=O) groups excluding carboxylic acids is 1. The molecule has 0 spiro atoms. The smallest absolute Gasteiger partial charge is 0.269 e. The van der Waals surface area contributed by atoms with Gasteiger partial charge in [0, 0.05) is 18.7 Å². The van der Waals surface area contributed by atoms with Gasteiger partial charge in [0.1, 0.15) is 6.04 Å². The van der Waals surface area contributed by atoms with Crippen molar-refractivity contribution in [2.24, 2.45) is 0 Å². The molecule has 1 aromatic carbocycles. The Kier molecular flexibility index (Phi) is 4.05. The van der Waals surface area contributed by atoms with Crippen molar-refractivity contribution in [3.05, 3.63) is 51.7 Å². The molecule has 1 aliphatic heterocycles. The van der Waals surface area contributed by atoms with Gasteiger partial charge in [-0.15, -0.1) is 0 Å². The SMILES string of the molecule is Cc1noc(C2CCCN2C(=O)Cc2ccc([N+](=O)[O-])cc2)n1. The van der Waals surface area contributed by atoms with E-state index >= 15 is 0 Å². The van der Waals surface area contributed by atoms with Crippen molar-refractivity contribution in [1.82, 2.24) is 15.0 Å². The lowest BCUT2D eigenvalue weighted by molar-refractivity contribution is -0.384. The van der Waals surface area contributed by atoms with Gasteiger partial charge >= 0.3 is 0 Å². The maximum absolute atomic E-state index is 12.5. The first-order valence-corrected chi connectivity index (χ1v) is 7.37. The summed E-state index contributed by atoms with van der Waals surface area (Å²) in [5.74, 6) is 0.976. The van der Waals surface area contributed by atoms with Crippen LogP contribution in [-0.2, 0) is 11.2 Å². The van der Waals surface area contributed by atoms with Gasteiger partial charge in [0.05, 0.1) is 11.3 Å². The summed E-state index contributed by atoms with van der Waals surface area (Å²) < 4.78 is 5.19. The van der Waals surface area contributed by atoms with Gasteiger partial charge in [-0.05, 0) is 25.3 Å². The molecule has 0 N–H and O–H groups in total. The van der Waals surface area contributed by atoms with Crippen LogP contribution in [0.25, 0.3) is 0 Å². The number of hydrogen-bond donors (Lipinski definition) is 0. The van der Waals surface area contributed by atoms with Crippen LogP contribution in [0.3, 0.4) is 0 Å². The maximum Gasteiger partial charge on any atom is 0.269 e. The molecule has 0 aliphatic carbocycles. The molecular weight excluding hydrogens is 300 g/mol. The minimum Gasteiger partial charge on any atom is -0.337 e. The number of nitro benzene ring substituents is 1. The number of carbonyl (C=O) groups is 1. The van der Waals surface area contributed by atoms with Crippen molar-refractivity contribution in [2.75, 3.05) is 6.54 Å². The van der Waals surface area contributed by atoms with E-state index in [-0.39, 0.29) is 24.1 Å². The van der Waals surface area contributed by atoms with Crippen LogP contribution in [0.5, 0.6) is 0 Å². The predicted molar refractivity (Wildman–Crippen MR) is 79.5 cm³/mol. The van der Waals surface area contributed by atoms with E-state index < -0.39 is 4.92 Å². The highest BCUT2D eigenvalue weighted by Crippen LogP contribution is 2.31. The molecule has 2 aromatic rings. The van der Waals surface area contributed by atoms with Gasteiger partial charge in [-0.3, -0.25) is 14.9 Å². The van der Waals surface area contributed by atoms with Crippen LogP contribution in [0.15, 0.2) is 28.8 Å². The van der Waals surface area contributed by atoms with E-state index in [0.29, 0.717) is 18.3 Å². The molecule has 1 amide bonds. The van der Waals surface area contributed by atoms with Crippen LogP contribution in [0, 0.1) is 17.0 Å². The Labute approximate surface area is 132 Å². The zero-order valence-electron chi connectivity index (χ0n) is 12.6. The maximum atomic E-state index is 12.5. The molecule has 120 valence electrons. The van der Waals surface area contributed by atoms with Gasteiger partial charge in [0.25, 0.3) is 5.69 Å². The first-order valence-electron chi connectivity index (χ1n) is 7.37. The Morgan fingerprint density at radius 1 is 1.43 bits per heavy atom. The number of rotatable bonds is 4. The number of aromatic nitrogens is 2. The molecule has 1 atom stereocenters. The third kappa shape index (κ3) is 3.20. The van der Waals surface area contributed by atoms with Crippen molar-refractivity contribution in [2.45, 2.75) is 32.2 Å². The molecule has 23 heavy (non-hydrogen) atoms. The molecular formula is C15H16N4O4. The molecule has 0 saturated carbocycles. The molecule has 0 bridgehead atoms. The first-order chi connectivity index (χ1) is 11.0. The summed E-state index contributed by atoms with van der Waals surface area (Å²) in [7, 11) is 0. The number of non-ortho nitro benzene ring substituents is 1. The fourth-order valence-electron chi connectivity index (χ4n) is 2.78. The van der Waals surface area contributed by atoms with Gasteiger partial charge in [0.2, 0.25) is 11.8 Å². The summed E-state index contributed by atoms with van der Waals surface area (Å²) in [6.07, 6.45) is 1.88. The normalized spacial score (nSPS) is 17.4. The Morgan fingerprint density at radius 3 is 2.78 bits per heavy atom. The number of hydrogen-bond acceptors (Lipinski definition) is 6. The standard InChI is InChI=1S/C15H16N4O4/c1-10-16-15(23-17-10)13-3-2-8-18(13)14(20)9-11-4-6-12(7-5-11)19(21)22/h4-7,13H,2-3,8-9H2,1H3. The van der Waals surface area contributed by atoms with Crippen LogP contribution in [-0.4, -0.2) is 32.4 Å². The lowest BCUT2D eigenvalue weighted by atomic mass is 10.1. The quantitative estimate of drug-likeness (QED) is 0.633. The van der Waals surface area contributed by atoms with Gasteiger partial charge in [0.15, 0.2) is 5.82 Å². The number of aryl methyl sites for hydroxylation is 1. The fourth-order valence-corrected chi connectivity index (χ4v) is 2.78. The highest BCUT2D eigenvalue weighted by Gasteiger charge is 2.33. The minimum atomic E-state index is -0.458. The van der Waals surface area contributed by atoms with Crippen LogP contribution in [0.2, 0.25) is 0 Å². The number of nitrogens with zero attached hydrogens (tertiary/aromatic N) is 4. The highest BCUT2D eigenvalue weighted by atomic mass is 16.6. The summed E-state index contributed by atoms with van der Waals surface area (Å²) in [6.45, 7) is 2.39. The Hall–Kier alpha value is -2.77. The Bertz CT molecular complexity index is 725. The van der Waals surface area contributed by atoms with Crippen molar-refractivity contribution in [1.29, 1.82) is 0 Å². The fraction of sp³-hybridized carbons (Fsp3) is 0.400. The molecule has 8 nitrogen and oxygen atoms in total. The van der Waals surface area contributed by atoms with Crippen molar-refractivity contribution < 1.29 is 14.2 Å². The van der Waals surface area contributed by atoms with Gasteiger partial charge < -0.3 is 9.42 Å². The van der Waals surface area contributed by atoms with Gasteiger partial charge in [-0.25, -0.2) is 0 Å². The van der Waals surface area contributed by atoms with Crippen LogP contribution in [0.1, 0.15) is 36.2 Å². The van der Waals surface area contributed by atoms with Crippen LogP contribution in [0.4, 0.5) is 5.69 Å². The Morgan fingerprint density at radius 2 is 2.17 bits per heavy atom. The minimum absolute atomic E-state index is 0.0154. The highest BCUT2D eigenvalue weighted by molar-refractivity contribution is 5.79. The number of amides is 1. The molecule has 1 fully saturated rings. The van der Waals surface area contributed by atoms with E-state index in [1.165, 1.54) is 12.1 Å². The number of nitro groups is 1. The Balaban J connectivity index is 1.70. The van der Waals surface area contributed by atoms with E-state index in [1.807, 2.05) is 0 Å². The first kappa shape index (κ1) is 15.1. The second-order valence-electron chi connectivity index (χ2n) is 5.53. The zero-order valence-corrected chi connectivity index (χ0v) is 12.6. The lowest BCUT2D eigenvalue weighted by Crippen LogP contribution is -2.32. The third-order valence-corrected chi connectivity index (χ3v) is 3.90. The van der Waals surface area contributed by atoms with Gasteiger partial charge in [-0.2, -0.15) is 4.98 Å². The summed E-state index contributed by atoms with van der Waals surface area (Å²) in [5, 5.41) is 14.4. The molecule has 8 heteroatoms. The van der Waals surface area contributed by atoms with E-state index in [1.54, 1.807) is 24.0 Å². The summed E-state index contributed by atoms with van der Waals surface area (Å²) in [5.41, 5.74) is 0.759. The molecule has 1 aromatic heterocycles. The molecule has 1 saturated heterocycles. The summed E-state index contributed by atoms with van der Waals surface area (Å²) >= 11 is 0. The molecule has 1 aliphatic rings. The van der Waals surface area contributed by atoms with E-state index in [9.17, 15) is 14.9 Å². The van der Waals surface area contributed by atoms with E-state index in [4.69, 9.17) is 4.52 Å². The third-order valence-electron chi connectivity index (χ3n) is 3.90. The predicted octanol–water partition coefficient (Wildman–Crippen LogP) is 2.19. The second-order valence-corrected chi connectivity index (χ2v) is 5.53. The van der Waals surface area contributed by atoms with Crippen molar-refractivity contribution in [3.8, 4) is 0 Å². The molecule has 0 radical (unpaired) electrons. The van der Waals surface area contributed by atoms with Crippen molar-refractivity contribution in [3.63, 3.8) is 0 Å². The second kappa shape index (κ2) is 6.15. The average molecular weight is 316 g/mol. The summed E-state index contributed by atoms with van der Waals surface area (Å²) in [4.78, 5) is 28.7. The van der Waals surface area contributed by atoms with Crippen LogP contribution < -0.4 is 0 Å². The topological polar surface area (TPSA) is 102 Å². The summed E-state index contributed by atoms with van der Waals surface area (Å²) in [6, 6.07) is 5.86. The molecule has 1 unspecified atom stereocenters. The van der Waals surface area contributed by atoms with E-state index in [2.05, 4.69) is 10.1 Å². The van der Waals surface area contributed by atoms with Crippen LogP contribution >= 0.6 is 0 Å². The lowest BCUT2D eigenvalue weighted by Gasteiger charge is -2.21. The largest absolute Gasteiger partial charge is 0.337 e. The van der Waals surface area contributed by atoms with Gasteiger partial charge in [-0.1, -0.05) is 17.3 Å². The molecule has 3 rings (SSSR count). The monoisotopic (exact) mass is 316 g/mol. The zero-order chi connectivity index (χ0) is 16.4. The van der Waals surface area contributed by atoms with E-state index in [0.717, 1.165) is 18.4 Å². The average Bonchev–Trinajstić information content (AvgIpc) is 3.16. The number of likely N-dealkylation sites (tertiary alicyclic amines) is 1.